The Hall–Kier alpha value is -5.63. The number of phenolic OH excluding ortho intramolecular Hbond substituents is 1. The number of benzene rings is 3. The van der Waals surface area contributed by atoms with Gasteiger partial charge in [0.15, 0.2) is 0 Å². The van der Waals surface area contributed by atoms with Crippen molar-refractivity contribution in [2.24, 2.45) is 16.1 Å². The summed E-state index contributed by atoms with van der Waals surface area (Å²) in [5.41, 5.74) is 9.30. The number of nitrogens with zero attached hydrogens (tertiary/aromatic N) is 4. The van der Waals surface area contributed by atoms with Crippen molar-refractivity contribution >= 4 is 57.7 Å². The van der Waals surface area contributed by atoms with Gasteiger partial charge >= 0.3 is 11.9 Å². The molecule has 4 rings (SSSR count). The summed E-state index contributed by atoms with van der Waals surface area (Å²) in [6, 6.07) is 12.5. The molecule has 3 aromatic rings. The number of nitro groups is 1. The zero-order chi connectivity index (χ0) is 36.8. The van der Waals surface area contributed by atoms with E-state index in [9.17, 15) is 24.8 Å². The fourth-order valence-corrected chi connectivity index (χ4v) is 5.55. The van der Waals surface area contributed by atoms with Gasteiger partial charge in [-0.15, -0.1) is 10.2 Å². The average molecular weight is 721 g/mol. The summed E-state index contributed by atoms with van der Waals surface area (Å²) >= 11 is 6.18. The number of phenols is 1. The summed E-state index contributed by atoms with van der Waals surface area (Å²) in [7, 11) is 0. The zero-order valence-corrected chi connectivity index (χ0v) is 29.1. The maximum Gasteiger partial charge on any atom is 0.330 e. The number of rotatable bonds is 18. The number of carbonyl (C=O) groups excluding carboxylic acids is 2. The van der Waals surface area contributed by atoms with Crippen molar-refractivity contribution < 1.29 is 33.8 Å². The second-order valence-corrected chi connectivity index (χ2v) is 12.1. The lowest BCUT2D eigenvalue weighted by atomic mass is 9.90. The maximum atomic E-state index is 11.6. The summed E-state index contributed by atoms with van der Waals surface area (Å²) in [6.07, 6.45) is 7.84. The van der Waals surface area contributed by atoms with E-state index in [1.165, 1.54) is 30.7 Å². The molecule has 51 heavy (non-hydrogen) atoms. The molecular formula is C36H41ClN6O8. The molecule has 0 heterocycles. The molecule has 14 nitrogen and oxygen atoms in total. The summed E-state index contributed by atoms with van der Waals surface area (Å²) in [5.74, 6) is -0.432. The van der Waals surface area contributed by atoms with Gasteiger partial charge in [-0.25, -0.2) is 9.59 Å². The Bertz CT molecular complexity index is 1740. The third kappa shape index (κ3) is 11.5. The summed E-state index contributed by atoms with van der Waals surface area (Å²) in [5, 5.41) is 30.3. The minimum atomic E-state index is -0.558. The number of anilines is 3. The lowest BCUT2D eigenvalue weighted by Gasteiger charge is -2.26. The number of ether oxygens (including phenoxy) is 3. The standard InChI is InChI=1S/C36H41ClN6O8/c1-4-35(45)49-17-15-42(16-18-50-36(46)5-2)26-11-13-29(24(3)19-26)38-41-32-21-33(44)31(22-34(32)51-23-25-9-7-6-8-10-25)40-39-30-14-12-27(43(47)48)20-28(30)37/h4-5,11-14,19-22,25,38,41,44H,1-2,6-10,15-18,23H2,3H3. The van der Waals surface area contributed by atoms with Crippen molar-refractivity contribution in [2.75, 3.05) is 48.7 Å². The van der Waals surface area contributed by atoms with Crippen LogP contribution in [0.15, 0.2) is 84.1 Å². The summed E-state index contributed by atoms with van der Waals surface area (Å²) in [4.78, 5) is 35.6. The van der Waals surface area contributed by atoms with Crippen LogP contribution >= 0.6 is 11.6 Å². The van der Waals surface area contributed by atoms with Crippen LogP contribution in [0.5, 0.6) is 11.5 Å². The van der Waals surface area contributed by atoms with Gasteiger partial charge in [0.1, 0.15) is 36.1 Å². The number of nitrogens with one attached hydrogen (secondary N) is 2. The molecule has 0 spiro atoms. The van der Waals surface area contributed by atoms with Crippen molar-refractivity contribution in [3.63, 3.8) is 0 Å². The quantitative estimate of drug-likeness (QED) is 0.0378. The van der Waals surface area contributed by atoms with E-state index in [1.54, 1.807) is 6.07 Å². The summed E-state index contributed by atoms with van der Waals surface area (Å²) < 4.78 is 16.6. The van der Waals surface area contributed by atoms with Crippen LogP contribution in [0.1, 0.15) is 37.7 Å². The molecule has 1 fully saturated rings. The van der Waals surface area contributed by atoms with Gasteiger partial charge in [0.25, 0.3) is 5.69 Å². The second-order valence-electron chi connectivity index (χ2n) is 11.7. The zero-order valence-electron chi connectivity index (χ0n) is 28.3. The molecule has 0 unspecified atom stereocenters. The third-order valence-electron chi connectivity index (χ3n) is 8.13. The monoisotopic (exact) mass is 720 g/mol. The number of hydrogen-bond acceptors (Lipinski definition) is 13. The van der Waals surface area contributed by atoms with Gasteiger partial charge in [0, 0.05) is 42.1 Å². The Kier molecular flexibility index (Phi) is 14.2. The van der Waals surface area contributed by atoms with Gasteiger partial charge in [-0.05, 0) is 55.5 Å². The number of carbonyl (C=O) groups is 2. The number of hydrogen-bond donors (Lipinski definition) is 3. The van der Waals surface area contributed by atoms with E-state index < -0.39 is 16.9 Å². The van der Waals surface area contributed by atoms with Crippen LogP contribution in [0.4, 0.5) is 34.1 Å². The highest BCUT2D eigenvalue weighted by Gasteiger charge is 2.18. The van der Waals surface area contributed by atoms with E-state index in [2.05, 4.69) is 34.2 Å². The molecule has 1 aliphatic rings. The Balaban J connectivity index is 1.53. The van der Waals surface area contributed by atoms with E-state index in [0.29, 0.717) is 37.1 Å². The number of aryl methyl sites for hydroxylation is 1. The minimum absolute atomic E-state index is 0.0421. The Morgan fingerprint density at radius 3 is 2.22 bits per heavy atom. The molecule has 0 aromatic heterocycles. The molecule has 0 radical (unpaired) electrons. The first-order chi connectivity index (χ1) is 24.6. The normalized spacial score (nSPS) is 12.9. The number of aromatic hydroxyl groups is 1. The smallest absolute Gasteiger partial charge is 0.330 e. The van der Waals surface area contributed by atoms with Crippen molar-refractivity contribution in [1.29, 1.82) is 0 Å². The average Bonchev–Trinajstić information content (AvgIpc) is 3.13. The summed E-state index contributed by atoms with van der Waals surface area (Å²) in [6.45, 7) is 10.1. The van der Waals surface area contributed by atoms with Gasteiger partial charge in [-0.3, -0.25) is 15.5 Å². The fraction of sp³-hybridized carbons (Fsp3) is 0.333. The predicted octanol–water partition coefficient (Wildman–Crippen LogP) is 8.34. The van der Waals surface area contributed by atoms with Crippen LogP contribution in [0.3, 0.4) is 0 Å². The molecule has 270 valence electrons. The topological polar surface area (TPSA) is 177 Å². The molecule has 0 amide bonds. The second kappa shape index (κ2) is 18.9. The van der Waals surface area contributed by atoms with E-state index in [4.69, 9.17) is 25.8 Å². The molecule has 1 aliphatic carbocycles. The molecule has 15 heteroatoms. The molecule has 0 aliphatic heterocycles. The number of halogens is 1. The molecule has 1 saturated carbocycles. The van der Waals surface area contributed by atoms with Crippen molar-refractivity contribution in [2.45, 2.75) is 39.0 Å². The Labute approximate surface area is 300 Å². The van der Waals surface area contributed by atoms with Crippen LogP contribution < -0.4 is 20.5 Å². The molecular weight excluding hydrogens is 680 g/mol. The Morgan fingerprint density at radius 2 is 1.61 bits per heavy atom. The first-order valence-corrected chi connectivity index (χ1v) is 16.8. The minimum Gasteiger partial charge on any atom is -0.506 e. The number of non-ortho nitro benzene ring substituents is 1. The van der Waals surface area contributed by atoms with E-state index in [0.717, 1.165) is 54.8 Å². The largest absolute Gasteiger partial charge is 0.506 e. The van der Waals surface area contributed by atoms with Gasteiger partial charge < -0.3 is 29.6 Å². The lowest BCUT2D eigenvalue weighted by molar-refractivity contribution is -0.384. The van der Waals surface area contributed by atoms with Crippen molar-refractivity contribution in [3.05, 3.63) is 94.5 Å². The number of azo groups is 1. The Morgan fingerprint density at radius 1 is 0.961 bits per heavy atom. The highest BCUT2D eigenvalue weighted by Crippen LogP contribution is 2.40. The van der Waals surface area contributed by atoms with Gasteiger partial charge in [0.2, 0.25) is 0 Å². The van der Waals surface area contributed by atoms with Crippen LogP contribution in [0.25, 0.3) is 0 Å². The van der Waals surface area contributed by atoms with Crippen LogP contribution in [-0.4, -0.2) is 54.9 Å². The first-order valence-electron chi connectivity index (χ1n) is 16.4. The van der Waals surface area contributed by atoms with E-state index in [1.807, 2.05) is 30.0 Å². The van der Waals surface area contributed by atoms with Crippen molar-refractivity contribution in [3.8, 4) is 11.5 Å². The highest BCUT2D eigenvalue weighted by molar-refractivity contribution is 6.33. The predicted molar refractivity (Wildman–Crippen MR) is 195 cm³/mol. The number of nitro benzene ring substituents is 1. The fourth-order valence-electron chi connectivity index (χ4n) is 5.33. The van der Waals surface area contributed by atoms with Crippen LogP contribution in [0, 0.1) is 23.0 Å². The van der Waals surface area contributed by atoms with Gasteiger partial charge in [-0.2, -0.15) is 0 Å². The maximum absolute atomic E-state index is 11.6. The van der Waals surface area contributed by atoms with Crippen LogP contribution in [0.2, 0.25) is 5.02 Å². The van der Waals surface area contributed by atoms with Crippen molar-refractivity contribution in [1.82, 2.24) is 0 Å². The molecule has 3 N–H and O–H groups in total. The van der Waals surface area contributed by atoms with Gasteiger partial charge in [-0.1, -0.05) is 44.0 Å². The van der Waals surface area contributed by atoms with Gasteiger partial charge in [0.05, 0.1) is 41.0 Å². The highest BCUT2D eigenvalue weighted by atomic mass is 35.5. The molecule has 3 aromatic carbocycles. The lowest BCUT2D eigenvalue weighted by Crippen LogP contribution is -2.32. The SMILES string of the molecule is C=CC(=O)OCCN(CCOC(=O)C=C)c1ccc(NNc2cc(O)c(N=Nc3ccc([N+](=O)[O-])cc3Cl)cc2OCC2CCCCC2)c(C)c1. The van der Waals surface area contributed by atoms with E-state index >= 15 is 0 Å². The van der Waals surface area contributed by atoms with Crippen LogP contribution in [-0.2, 0) is 19.1 Å². The molecule has 0 atom stereocenters. The molecule has 0 bridgehead atoms. The molecule has 0 saturated heterocycles. The third-order valence-corrected chi connectivity index (χ3v) is 8.44. The first kappa shape index (κ1) is 38.2. The van der Waals surface area contributed by atoms with E-state index in [-0.39, 0.29) is 41.0 Å². The number of esters is 2. The number of hydrazine groups is 1.